The zero-order valence-electron chi connectivity index (χ0n) is 12.4. The molecule has 1 unspecified atom stereocenters. The summed E-state index contributed by atoms with van der Waals surface area (Å²) in [4.78, 5) is 16.8. The monoisotopic (exact) mass is 277 g/mol. The third kappa shape index (κ3) is 2.88. The lowest BCUT2D eigenvalue weighted by atomic mass is 10.1. The minimum absolute atomic E-state index is 0.00532. The quantitative estimate of drug-likeness (QED) is 0.846. The molecule has 20 heavy (non-hydrogen) atoms. The van der Waals surface area contributed by atoms with Crippen molar-refractivity contribution in [2.24, 2.45) is 0 Å². The highest BCUT2D eigenvalue weighted by Crippen LogP contribution is 2.28. The molecule has 1 aromatic rings. The molecule has 5 heteroatoms. The largest absolute Gasteiger partial charge is 0.495 e. The van der Waals surface area contributed by atoms with Gasteiger partial charge in [-0.1, -0.05) is 6.07 Å². The number of ether oxygens (including phenoxy) is 1. The summed E-state index contributed by atoms with van der Waals surface area (Å²) in [6.45, 7) is 1.68. The Kier molecular flexibility index (Phi) is 4.49. The van der Waals surface area contributed by atoms with Crippen LogP contribution >= 0.6 is 0 Å². The van der Waals surface area contributed by atoms with Crippen LogP contribution in [0.4, 0.5) is 5.69 Å². The molecular weight excluding hydrogens is 254 g/mol. The molecule has 0 aliphatic carbocycles. The minimum atomic E-state index is 0.00532. The van der Waals surface area contributed by atoms with Gasteiger partial charge in [0.25, 0.3) is 5.91 Å². The van der Waals surface area contributed by atoms with Gasteiger partial charge in [-0.2, -0.15) is 0 Å². The van der Waals surface area contributed by atoms with Crippen LogP contribution in [0.15, 0.2) is 18.2 Å². The van der Waals surface area contributed by atoms with Crippen LogP contribution in [0.5, 0.6) is 5.75 Å². The van der Waals surface area contributed by atoms with Gasteiger partial charge in [0.2, 0.25) is 0 Å². The highest BCUT2D eigenvalue weighted by Gasteiger charge is 2.30. The van der Waals surface area contributed by atoms with Crippen molar-refractivity contribution in [2.75, 3.05) is 40.0 Å². The van der Waals surface area contributed by atoms with E-state index in [9.17, 15) is 4.79 Å². The van der Waals surface area contributed by atoms with E-state index in [-0.39, 0.29) is 11.9 Å². The van der Waals surface area contributed by atoms with Crippen molar-refractivity contribution < 1.29 is 9.53 Å². The van der Waals surface area contributed by atoms with Crippen molar-refractivity contribution in [3.63, 3.8) is 0 Å². The predicted octanol–water partition coefficient (Wildman–Crippen LogP) is 1.44. The zero-order chi connectivity index (χ0) is 14.7. The topological polar surface area (TPSA) is 58.8 Å². The number of hydrogen-bond acceptors (Lipinski definition) is 4. The van der Waals surface area contributed by atoms with Crippen molar-refractivity contribution in [2.45, 2.75) is 18.9 Å². The summed E-state index contributed by atoms with van der Waals surface area (Å²) in [5, 5.41) is 0. The number of anilines is 1. The first-order valence-corrected chi connectivity index (χ1v) is 6.92. The molecule has 1 aliphatic rings. The number of hydrogen-bond donors (Lipinski definition) is 1. The summed E-state index contributed by atoms with van der Waals surface area (Å²) in [7, 11) is 5.62. The fourth-order valence-electron chi connectivity index (χ4n) is 2.78. The molecule has 1 amide bonds. The summed E-state index contributed by atoms with van der Waals surface area (Å²) in [6, 6.07) is 5.61. The summed E-state index contributed by atoms with van der Waals surface area (Å²) < 4.78 is 5.19. The van der Waals surface area contributed by atoms with Gasteiger partial charge in [0.15, 0.2) is 0 Å². The highest BCUT2D eigenvalue weighted by atomic mass is 16.5. The van der Waals surface area contributed by atoms with Gasteiger partial charge >= 0.3 is 0 Å². The summed E-state index contributed by atoms with van der Waals surface area (Å²) >= 11 is 0. The molecule has 1 heterocycles. The van der Waals surface area contributed by atoms with Crippen LogP contribution in [0.2, 0.25) is 0 Å². The number of carbonyl (C=O) groups excluding carboxylic acids is 1. The molecule has 2 N–H and O–H groups in total. The van der Waals surface area contributed by atoms with Crippen LogP contribution in [0.3, 0.4) is 0 Å². The van der Waals surface area contributed by atoms with E-state index in [0.717, 1.165) is 25.9 Å². The average Bonchev–Trinajstić information content (AvgIpc) is 2.85. The molecule has 110 valence electrons. The smallest absolute Gasteiger partial charge is 0.256 e. The first-order chi connectivity index (χ1) is 9.54. The molecule has 1 aliphatic heterocycles. The number of para-hydroxylation sites is 1. The zero-order valence-corrected chi connectivity index (χ0v) is 12.4. The number of nitrogens with zero attached hydrogens (tertiary/aromatic N) is 2. The number of methoxy groups -OCH3 is 1. The normalized spacial score (nSPS) is 18.6. The molecule has 1 aromatic carbocycles. The lowest BCUT2D eigenvalue weighted by Gasteiger charge is -2.27. The van der Waals surface area contributed by atoms with Crippen LogP contribution in [-0.4, -0.2) is 56.0 Å². The van der Waals surface area contributed by atoms with Gasteiger partial charge in [0.05, 0.1) is 18.4 Å². The third-order valence-corrected chi connectivity index (χ3v) is 3.73. The van der Waals surface area contributed by atoms with Gasteiger partial charge in [-0.05, 0) is 39.1 Å². The number of likely N-dealkylation sites (N-methyl/N-ethyl adjacent to an activating group) is 1. The Morgan fingerprint density at radius 3 is 2.90 bits per heavy atom. The molecule has 0 aromatic heterocycles. The lowest BCUT2D eigenvalue weighted by molar-refractivity contribution is 0.0717. The standard InChI is InChI=1S/C15H23N3O2/c1-17(2)10-11-6-5-9-18(11)15(19)12-7-4-8-13(20-3)14(12)16/h4,7-8,11H,5-6,9-10,16H2,1-3H3. The molecule has 0 saturated carbocycles. The van der Waals surface area contributed by atoms with Crippen molar-refractivity contribution in [3.05, 3.63) is 23.8 Å². The van der Waals surface area contributed by atoms with Gasteiger partial charge in [0, 0.05) is 19.1 Å². The van der Waals surface area contributed by atoms with Crippen LogP contribution in [0, 0.1) is 0 Å². The number of nitrogens with two attached hydrogens (primary N) is 1. The summed E-state index contributed by atoms with van der Waals surface area (Å²) in [6.07, 6.45) is 2.10. The highest BCUT2D eigenvalue weighted by molar-refractivity contribution is 6.00. The second-order valence-electron chi connectivity index (χ2n) is 5.48. The molecule has 1 atom stereocenters. The number of rotatable bonds is 4. The van der Waals surface area contributed by atoms with Crippen LogP contribution in [-0.2, 0) is 0 Å². The first-order valence-electron chi connectivity index (χ1n) is 6.92. The number of nitrogen functional groups attached to an aromatic ring is 1. The van der Waals surface area contributed by atoms with E-state index in [1.807, 2.05) is 19.0 Å². The molecule has 0 bridgehead atoms. The van der Waals surface area contributed by atoms with Crippen molar-refractivity contribution in [1.82, 2.24) is 9.80 Å². The fraction of sp³-hybridized carbons (Fsp3) is 0.533. The van der Waals surface area contributed by atoms with Crippen molar-refractivity contribution >= 4 is 11.6 Å². The van der Waals surface area contributed by atoms with Crippen LogP contribution < -0.4 is 10.5 Å². The fourth-order valence-corrected chi connectivity index (χ4v) is 2.78. The summed E-state index contributed by atoms with van der Waals surface area (Å²) in [5.74, 6) is 0.560. The van der Waals surface area contributed by atoms with Gasteiger partial charge < -0.3 is 20.3 Å². The van der Waals surface area contributed by atoms with Gasteiger partial charge in [-0.25, -0.2) is 0 Å². The van der Waals surface area contributed by atoms with Crippen LogP contribution in [0.25, 0.3) is 0 Å². The number of likely N-dealkylation sites (tertiary alicyclic amines) is 1. The Morgan fingerprint density at radius 2 is 2.25 bits per heavy atom. The van der Waals surface area contributed by atoms with Crippen LogP contribution in [0.1, 0.15) is 23.2 Å². The molecule has 5 nitrogen and oxygen atoms in total. The second-order valence-corrected chi connectivity index (χ2v) is 5.48. The number of carbonyl (C=O) groups is 1. The molecule has 0 radical (unpaired) electrons. The number of amides is 1. The summed E-state index contributed by atoms with van der Waals surface area (Å²) in [5.41, 5.74) is 6.99. The Balaban J connectivity index is 2.22. The van der Waals surface area contributed by atoms with E-state index in [1.165, 1.54) is 0 Å². The van der Waals surface area contributed by atoms with E-state index in [0.29, 0.717) is 17.0 Å². The lowest BCUT2D eigenvalue weighted by Crippen LogP contribution is -2.41. The maximum atomic E-state index is 12.7. The predicted molar refractivity (Wildman–Crippen MR) is 80.0 cm³/mol. The maximum absolute atomic E-state index is 12.7. The first kappa shape index (κ1) is 14.7. The third-order valence-electron chi connectivity index (χ3n) is 3.73. The molecule has 1 fully saturated rings. The average molecular weight is 277 g/mol. The van der Waals surface area contributed by atoms with E-state index in [4.69, 9.17) is 10.5 Å². The maximum Gasteiger partial charge on any atom is 0.256 e. The molecular formula is C15H23N3O2. The van der Waals surface area contributed by atoms with E-state index in [2.05, 4.69) is 4.90 Å². The van der Waals surface area contributed by atoms with E-state index >= 15 is 0 Å². The molecule has 2 rings (SSSR count). The van der Waals surface area contributed by atoms with E-state index in [1.54, 1.807) is 25.3 Å². The number of benzene rings is 1. The SMILES string of the molecule is COc1cccc(C(=O)N2CCCC2CN(C)C)c1N. The Labute approximate surface area is 120 Å². The van der Waals surface area contributed by atoms with E-state index < -0.39 is 0 Å². The van der Waals surface area contributed by atoms with Gasteiger partial charge in [0.1, 0.15) is 5.75 Å². The van der Waals surface area contributed by atoms with Crippen molar-refractivity contribution in [1.29, 1.82) is 0 Å². The Hall–Kier alpha value is -1.75. The Bertz CT molecular complexity index is 488. The molecule has 0 spiro atoms. The van der Waals surface area contributed by atoms with Crippen molar-refractivity contribution in [3.8, 4) is 5.75 Å². The van der Waals surface area contributed by atoms with Gasteiger partial charge in [-0.15, -0.1) is 0 Å². The van der Waals surface area contributed by atoms with Gasteiger partial charge in [-0.3, -0.25) is 4.79 Å². The second kappa shape index (κ2) is 6.13. The minimum Gasteiger partial charge on any atom is -0.495 e. The molecule has 1 saturated heterocycles. The Morgan fingerprint density at radius 1 is 1.50 bits per heavy atom.